The highest BCUT2D eigenvalue weighted by molar-refractivity contribution is 5.68. The molecule has 94 valence electrons. The molecule has 17 heavy (non-hydrogen) atoms. The first kappa shape index (κ1) is 13.4. The lowest BCUT2D eigenvalue weighted by molar-refractivity contribution is 0.0482. The van der Waals surface area contributed by atoms with Crippen LogP contribution in [-0.2, 0) is 4.74 Å². The number of aromatic nitrogens is 1. The molecule has 1 aromatic rings. The van der Waals surface area contributed by atoms with E-state index in [0.717, 1.165) is 5.56 Å². The largest absolute Gasteiger partial charge is 0.444 e. The number of aliphatic hydroxyl groups is 1. The molecule has 1 atom stereocenters. The molecular weight excluding hydrogens is 220 g/mol. The Morgan fingerprint density at radius 1 is 1.59 bits per heavy atom. The van der Waals surface area contributed by atoms with Crippen LogP contribution in [0.2, 0.25) is 0 Å². The summed E-state index contributed by atoms with van der Waals surface area (Å²) in [5.41, 5.74) is 0.180. The molecular formula is C12H18N2O3. The Hall–Kier alpha value is -1.62. The third-order valence-corrected chi connectivity index (χ3v) is 1.96. The molecule has 1 aromatic heterocycles. The summed E-state index contributed by atoms with van der Waals surface area (Å²) in [5, 5.41) is 11.8. The van der Waals surface area contributed by atoms with Gasteiger partial charge in [-0.05, 0) is 32.4 Å². The van der Waals surface area contributed by atoms with Gasteiger partial charge in [-0.25, -0.2) is 4.79 Å². The van der Waals surface area contributed by atoms with Gasteiger partial charge in [-0.3, -0.25) is 4.98 Å². The van der Waals surface area contributed by atoms with E-state index in [1.807, 2.05) is 0 Å². The van der Waals surface area contributed by atoms with Crippen molar-refractivity contribution in [3.8, 4) is 0 Å². The number of carbonyl (C=O) groups excluding carboxylic acids is 1. The lowest BCUT2D eigenvalue weighted by Gasteiger charge is -2.22. The zero-order valence-corrected chi connectivity index (χ0v) is 10.3. The van der Waals surface area contributed by atoms with Gasteiger partial charge >= 0.3 is 6.09 Å². The first-order chi connectivity index (χ1) is 7.92. The van der Waals surface area contributed by atoms with Crippen molar-refractivity contribution in [3.63, 3.8) is 0 Å². The molecule has 0 fully saturated rings. The second-order valence-corrected chi connectivity index (χ2v) is 4.67. The molecule has 0 bridgehead atoms. The van der Waals surface area contributed by atoms with Gasteiger partial charge in [0.1, 0.15) is 5.60 Å². The van der Waals surface area contributed by atoms with E-state index in [-0.39, 0.29) is 6.61 Å². The van der Waals surface area contributed by atoms with Crippen LogP contribution in [0.25, 0.3) is 0 Å². The maximum absolute atomic E-state index is 11.5. The lowest BCUT2D eigenvalue weighted by atomic mass is 10.1. The monoisotopic (exact) mass is 238 g/mol. The standard InChI is InChI=1S/C12H18N2O3/c1-12(2,3)17-11(16)14-10(8-15)9-5-4-6-13-7-9/h4-7,10,15H,8H2,1-3H3,(H,14,16). The number of rotatable bonds is 3. The highest BCUT2D eigenvalue weighted by Gasteiger charge is 2.19. The Labute approximate surface area is 101 Å². The van der Waals surface area contributed by atoms with E-state index >= 15 is 0 Å². The number of aliphatic hydroxyl groups excluding tert-OH is 1. The molecule has 5 heteroatoms. The van der Waals surface area contributed by atoms with Crippen molar-refractivity contribution >= 4 is 6.09 Å². The van der Waals surface area contributed by atoms with Crippen LogP contribution in [0.5, 0.6) is 0 Å². The summed E-state index contributed by atoms with van der Waals surface area (Å²) in [7, 11) is 0. The van der Waals surface area contributed by atoms with Gasteiger partial charge in [-0.2, -0.15) is 0 Å². The number of amides is 1. The summed E-state index contributed by atoms with van der Waals surface area (Å²) >= 11 is 0. The van der Waals surface area contributed by atoms with Crippen molar-refractivity contribution in [1.82, 2.24) is 10.3 Å². The van der Waals surface area contributed by atoms with Gasteiger partial charge in [0.05, 0.1) is 12.6 Å². The molecule has 1 rings (SSSR count). The molecule has 0 aliphatic carbocycles. The van der Waals surface area contributed by atoms with E-state index in [1.54, 1.807) is 45.3 Å². The molecule has 2 N–H and O–H groups in total. The number of pyridine rings is 1. The van der Waals surface area contributed by atoms with Gasteiger partial charge in [-0.15, -0.1) is 0 Å². The lowest BCUT2D eigenvalue weighted by Crippen LogP contribution is -2.36. The number of alkyl carbamates (subject to hydrolysis) is 1. The Kier molecular flexibility index (Phi) is 4.45. The molecule has 1 unspecified atom stereocenters. The summed E-state index contributed by atoms with van der Waals surface area (Å²) in [4.78, 5) is 15.5. The molecule has 0 aliphatic heterocycles. The highest BCUT2D eigenvalue weighted by atomic mass is 16.6. The second kappa shape index (κ2) is 5.63. The highest BCUT2D eigenvalue weighted by Crippen LogP contribution is 2.12. The van der Waals surface area contributed by atoms with E-state index < -0.39 is 17.7 Å². The van der Waals surface area contributed by atoms with Gasteiger partial charge < -0.3 is 15.2 Å². The zero-order chi connectivity index (χ0) is 12.9. The van der Waals surface area contributed by atoms with E-state index in [1.165, 1.54) is 0 Å². The van der Waals surface area contributed by atoms with Crippen molar-refractivity contribution in [1.29, 1.82) is 0 Å². The summed E-state index contributed by atoms with van der Waals surface area (Å²) in [6.07, 6.45) is 2.67. The summed E-state index contributed by atoms with van der Waals surface area (Å²) < 4.78 is 5.11. The second-order valence-electron chi connectivity index (χ2n) is 4.67. The smallest absolute Gasteiger partial charge is 0.408 e. The van der Waals surface area contributed by atoms with Crippen LogP contribution in [0.1, 0.15) is 32.4 Å². The minimum absolute atomic E-state index is 0.203. The topological polar surface area (TPSA) is 71.5 Å². The molecule has 0 radical (unpaired) electrons. The molecule has 0 spiro atoms. The van der Waals surface area contributed by atoms with E-state index in [4.69, 9.17) is 4.74 Å². The fraction of sp³-hybridized carbons (Fsp3) is 0.500. The number of nitrogens with zero attached hydrogens (tertiary/aromatic N) is 1. The van der Waals surface area contributed by atoms with E-state index in [9.17, 15) is 9.90 Å². The predicted octanol–water partition coefficient (Wildman–Crippen LogP) is 1.64. The summed E-state index contributed by atoms with van der Waals surface area (Å²) in [5.74, 6) is 0. The first-order valence-electron chi connectivity index (χ1n) is 5.42. The van der Waals surface area contributed by atoms with Crippen LogP contribution in [0.3, 0.4) is 0 Å². The van der Waals surface area contributed by atoms with Crippen molar-refractivity contribution < 1.29 is 14.6 Å². The SMILES string of the molecule is CC(C)(C)OC(=O)NC(CO)c1cccnc1. The van der Waals surface area contributed by atoms with Crippen LogP contribution in [-0.4, -0.2) is 28.4 Å². The van der Waals surface area contributed by atoms with Crippen molar-refractivity contribution in [2.24, 2.45) is 0 Å². The maximum atomic E-state index is 11.5. The fourth-order valence-corrected chi connectivity index (χ4v) is 1.27. The zero-order valence-electron chi connectivity index (χ0n) is 10.3. The van der Waals surface area contributed by atoms with Gasteiger partial charge in [0.25, 0.3) is 0 Å². The van der Waals surface area contributed by atoms with Gasteiger partial charge in [0.15, 0.2) is 0 Å². The number of nitrogens with one attached hydrogen (secondary N) is 1. The van der Waals surface area contributed by atoms with Crippen LogP contribution in [0.4, 0.5) is 4.79 Å². The van der Waals surface area contributed by atoms with Crippen molar-refractivity contribution in [2.45, 2.75) is 32.4 Å². The molecule has 0 aliphatic rings. The average molecular weight is 238 g/mol. The number of ether oxygens (including phenoxy) is 1. The van der Waals surface area contributed by atoms with Crippen molar-refractivity contribution in [2.75, 3.05) is 6.61 Å². The minimum Gasteiger partial charge on any atom is -0.444 e. The van der Waals surface area contributed by atoms with Crippen LogP contribution in [0.15, 0.2) is 24.5 Å². The van der Waals surface area contributed by atoms with E-state index in [2.05, 4.69) is 10.3 Å². The third-order valence-electron chi connectivity index (χ3n) is 1.96. The Morgan fingerprint density at radius 2 is 2.29 bits per heavy atom. The third kappa shape index (κ3) is 4.82. The Balaban J connectivity index is 2.62. The molecule has 1 heterocycles. The summed E-state index contributed by atoms with van der Waals surface area (Å²) in [6.45, 7) is 5.14. The van der Waals surface area contributed by atoms with E-state index in [0.29, 0.717) is 0 Å². The van der Waals surface area contributed by atoms with Crippen LogP contribution in [0, 0.1) is 0 Å². The Morgan fingerprint density at radius 3 is 2.76 bits per heavy atom. The number of hydrogen-bond acceptors (Lipinski definition) is 4. The van der Waals surface area contributed by atoms with Gasteiger partial charge in [0.2, 0.25) is 0 Å². The fourth-order valence-electron chi connectivity index (χ4n) is 1.27. The first-order valence-corrected chi connectivity index (χ1v) is 5.42. The molecule has 5 nitrogen and oxygen atoms in total. The molecule has 0 saturated carbocycles. The molecule has 0 aromatic carbocycles. The van der Waals surface area contributed by atoms with Crippen molar-refractivity contribution in [3.05, 3.63) is 30.1 Å². The number of carbonyl (C=O) groups is 1. The van der Waals surface area contributed by atoms with Gasteiger partial charge in [-0.1, -0.05) is 6.07 Å². The Bertz CT molecular complexity index is 360. The predicted molar refractivity (Wildman–Crippen MR) is 63.4 cm³/mol. The maximum Gasteiger partial charge on any atom is 0.408 e. The molecule has 0 saturated heterocycles. The normalized spacial score (nSPS) is 12.9. The van der Waals surface area contributed by atoms with Crippen LogP contribution < -0.4 is 5.32 Å². The van der Waals surface area contributed by atoms with Crippen LogP contribution >= 0.6 is 0 Å². The van der Waals surface area contributed by atoms with Gasteiger partial charge in [0, 0.05) is 12.4 Å². The molecule has 1 amide bonds. The minimum atomic E-state index is -0.557. The quantitative estimate of drug-likeness (QED) is 0.839. The number of hydrogen-bond donors (Lipinski definition) is 2. The summed E-state index contributed by atoms with van der Waals surface area (Å²) in [6, 6.07) is 3.03. The average Bonchev–Trinajstić information content (AvgIpc) is 2.24.